The molecule has 6 heteroatoms. The molecule has 2 rings (SSSR count). The molecule has 0 saturated heterocycles. The second-order valence-electron chi connectivity index (χ2n) is 6.07. The first kappa shape index (κ1) is 21.6. The summed E-state index contributed by atoms with van der Waals surface area (Å²) in [7, 11) is 1.54. The molecule has 2 unspecified atom stereocenters. The lowest BCUT2D eigenvalue weighted by atomic mass is 9.94. The van der Waals surface area contributed by atoms with Gasteiger partial charge in [-0.15, -0.1) is 12.4 Å². The fourth-order valence-corrected chi connectivity index (χ4v) is 2.64. The molecule has 0 spiro atoms. The van der Waals surface area contributed by atoms with E-state index < -0.39 is 6.10 Å². The van der Waals surface area contributed by atoms with E-state index in [1.54, 1.807) is 19.2 Å². The lowest BCUT2D eigenvalue weighted by molar-refractivity contribution is 0.125. The van der Waals surface area contributed by atoms with Crippen LogP contribution in [0.5, 0.6) is 11.5 Å². The van der Waals surface area contributed by atoms with Gasteiger partial charge in [-0.1, -0.05) is 55.8 Å². The summed E-state index contributed by atoms with van der Waals surface area (Å²) in [5.74, 6) is 1.07. The zero-order valence-corrected chi connectivity index (χ0v) is 16.2. The average Bonchev–Trinajstić information content (AvgIpc) is 2.59. The van der Waals surface area contributed by atoms with Crippen molar-refractivity contribution in [2.75, 3.05) is 7.11 Å². The third-order valence-electron chi connectivity index (χ3n) is 3.95. The lowest BCUT2D eigenvalue weighted by Gasteiger charge is -2.24. The number of nitrogens with two attached hydrogens (primary N) is 1. The number of hydrogen-bond acceptors (Lipinski definition) is 4. The highest BCUT2D eigenvalue weighted by Gasteiger charge is 2.23. The van der Waals surface area contributed by atoms with E-state index in [1.165, 1.54) is 0 Å². The number of aliphatic hydroxyl groups excluding tert-OH is 1. The molecule has 25 heavy (non-hydrogen) atoms. The van der Waals surface area contributed by atoms with Gasteiger partial charge in [0.15, 0.2) is 11.5 Å². The highest BCUT2D eigenvalue weighted by atomic mass is 35.5. The first-order chi connectivity index (χ1) is 11.4. The van der Waals surface area contributed by atoms with Crippen molar-refractivity contribution in [3.63, 3.8) is 0 Å². The fourth-order valence-electron chi connectivity index (χ4n) is 2.37. The second kappa shape index (κ2) is 9.88. The third-order valence-corrected chi connectivity index (χ3v) is 4.23. The van der Waals surface area contributed by atoms with Crippen LogP contribution < -0.4 is 15.2 Å². The van der Waals surface area contributed by atoms with E-state index in [0.717, 1.165) is 5.56 Å². The predicted octanol–water partition coefficient (Wildman–Crippen LogP) is 4.37. The molecule has 0 heterocycles. The number of hydrogen-bond donors (Lipinski definition) is 2. The summed E-state index contributed by atoms with van der Waals surface area (Å²) in [4.78, 5) is 0. The van der Waals surface area contributed by atoms with E-state index in [2.05, 4.69) is 0 Å². The molecule has 0 aliphatic heterocycles. The van der Waals surface area contributed by atoms with E-state index in [4.69, 9.17) is 26.8 Å². The van der Waals surface area contributed by atoms with Crippen LogP contribution in [0.25, 0.3) is 0 Å². The zero-order chi connectivity index (χ0) is 17.7. The van der Waals surface area contributed by atoms with Crippen molar-refractivity contribution in [2.45, 2.75) is 32.6 Å². The molecular formula is C19H25Cl2NO3. The minimum absolute atomic E-state index is 0. The normalized spacial score (nSPS) is 13.1. The highest BCUT2D eigenvalue weighted by molar-refractivity contribution is 6.32. The maximum Gasteiger partial charge on any atom is 0.180 e. The lowest BCUT2D eigenvalue weighted by Crippen LogP contribution is -2.33. The van der Waals surface area contributed by atoms with Gasteiger partial charge in [-0.3, -0.25) is 0 Å². The Labute approximate surface area is 160 Å². The third kappa shape index (κ3) is 5.51. The number of halogens is 2. The maximum atomic E-state index is 10.4. The molecule has 138 valence electrons. The molecule has 2 atom stereocenters. The Bertz CT molecular complexity index is 665. The summed E-state index contributed by atoms with van der Waals surface area (Å²) in [6, 6.07) is 12.8. The summed E-state index contributed by atoms with van der Waals surface area (Å²) in [5.41, 5.74) is 7.69. The Balaban J connectivity index is 0.00000312. The van der Waals surface area contributed by atoms with Crippen LogP contribution in [-0.4, -0.2) is 18.3 Å². The van der Waals surface area contributed by atoms with Gasteiger partial charge in [0.1, 0.15) is 6.61 Å². The molecule has 2 aromatic carbocycles. The monoisotopic (exact) mass is 385 g/mol. The van der Waals surface area contributed by atoms with Crippen LogP contribution in [0.4, 0.5) is 0 Å². The van der Waals surface area contributed by atoms with E-state index in [9.17, 15) is 5.11 Å². The summed E-state index contributed by atoms with van der Waals surface area (Å²) in [6.07, 6.45) is -0.820. The molecule has 4 nitrogen and oxygen atoms in total. The number of benzene rings is 2. The number of rotatable bonds is 7. The van der Waals surface area contributed by atoms with Crippen LogP contribution >= 0.6 is 24.0 Å². The van der Waals surface area contributed by atoms with Crippen molar-refractivity contribution in [2.24, 2.45) is 11.7 Å². The second-order valence-corrected chi connectivity index (χ2v) is 6.48. The minimum Gasteiger partial charge on any atom is -0.493 e. The van der Waals surface area contributed by atoms with Crippen LogP contribution in [0.1, 0.15) is 31.1 Å². The molecule has 3 N–H and O–H groups in total. The van der Waals surface area contributed by atoms with Gasteiger partial charge in [-0.25, -0.2) is 0 Å². The van der Waals surface area contributed by atoms with Crippen molar-refractivity contribution < 1.29 is 14.6 Å². The van der Waals surface area contributed by atoms with E-state index >= 15 is 0 Å². The molecule has 0 amide bonds. The number of ether oxygens (including phenoxy) is 2. The van der Waals surface area contributed by atoms with Crippen molar-refractivity contribution in [1.29, 1.82) is 0 Å². The van der Waals surface area contributed by atoms with E-state index in [0.29, 0.717) is 28.7 Å². The summed E-state index contributed by atoms with van der Waals surface area (Å²) in [6.45, 7) is 4.30. The van der Waals surface area contributed by atoms with Crippen molar-refractivity contribution >= 4 is 24.0 Å². The van der Waals surface area contributed by atoms with Gasteiger partial charge in [-0.05, 0) is 29.2 Å². The van der Waals surface area contributed by atoms with Crippen LogP contribution in [-0.2, 0) is 6.61 Å². The van der Waals surface area contributed by atoms with Gasteiger partial charge in [0.25, 0.3) is 0 Å². The maximum absolute atomic E-state index is 10.4. The van der Waals surface area contributed by atoms with Crippen molar-refractivity contribution in [3.8, 4) is 11.5 Å². The molecular weight excluding hydrogens is 361 g/mol. The quantitative estimate of drug-likeness (QED) is 0.742. The van der Waals surface area contributed by atoms with Gasteiger partial charge >= 0.3 is 0 Å². The van der Waals surface area contributed by atoms with Gasteiger partial charge in [-0.2, -0.15) is 0 Å². The largest absolute Gasteiger partial charge is 0.493 e. The van der Waals surface area contributed by atoms with Gasteiger partial charge < -0.3 is 20.3 Å². The molecule has 0 radical (unpaired) electrons. The Morgan fingerprint density at radius 1 is 1.16 bits per heavy atom. The molecule has 0 saturated carbocycles. The minimum atomic E-state index is -0.820. The molecule has 0 bridgehead atoms. The summed E-state index contributed by atoms with van der Waals surface area (Å²) >= 11 is 6.35. The van der Waals surface area contributed by atoms with Crippen LogP contribution in [0.3, 0.4) is 0 Å². The Hall–Kier alpha value is -1.46. The SMILES string of the molecule is COc1cc(C(O)C(N)C(C)C)cc(Cl)c1OCc1ccccc1.Cl. The molecule has 0 aliphatic carbocycles. The van der Waals surface area contributed by atoms with Crippen LogP contribution in [0.15, 0.2) is 42.5 Å². The predicted molar refractivity (Wildman–Crippen MR) is 104 cm³/mol. The molecule has 0 fully saturated rings. The average molecular weight is 386 g/mol. The fraction of sp³-hybridized carbons (Fsp3) is 0.368. The summed E-state index contributed by atoms with van der Waals surface area (Å²) in [5, 5.41) is 10.8. The van der Waals surface area contributed by atoms with E-state index in [1.807, 2.05) is 44.2 Å². The first-order valence-electron chi connectivity index (χ1n) is 7.91. The highest BCUT2D eigenvalue weighted by Crippen LogP contribution is 2.39. The first-order valence-corrected chi connectivity index (χ1v) is 8.29. The number of methoxy groups -OCH3 is 1. The van der Waals surface area contributed by atoms with E-state index in [-0.39, 0.29) is 24.4 Å². The number of aliphatic hydroxyl groups is 1. The van der Waals surface area contributed by atoms with Gasteiger partial charge in [0.05, 0.1) is 18.2 Å². The summed E-state index contributed by atoms with van der Waals surface area (Å²) < 4.78 is 11.2. The van der Waals surface area contributed by atoms with Gasteiger partial charge in [0, 0.05) is 6.04 Å². The van der Waals surface area contributed by atoms with Gasteiger partial charge in [0.2, 0.25) is 0 Å². The smallest absolute Gasteiger partial charge is 0.180 e. The van der Waals surface area contributed by atoms with Crippen molar-refractivity contribution in [1.82, 2.24) is 0 Å². The zero-order valence-electron chi connectivity index (χ0n) is 14.6. The standard InChI is InChI=1S/C19H24ClNO3.ClH/c1-12(2)17(21)18(22)14-9-15(20)19(16(10-14)23-3)24-11-13-7-5-4-6-8-13;/h4-10,12,17-18,22H,11,21H2,1-3H3;1H. The molecule has 0 aromatic heterocycles. The topological polar surface area (TPSA) is 64.7 Å². The van der Waals surface area contributed by atoms with Crippen molar-refractivity contribution in [3.05, 3.63) is 58.6 Å². The molecule has 0 aliphatic rings. The van der Waals surface area contributed by atoms with Crippen LogP contribution in [0, 0.1) is 5.92 Å². The Morgan fingerprint density at radius 2 is 1.80 bits per heavy atom. The molecule has 2 aromatic rings. The Kier molecular flexibility index (Phi) is 8.53. The Morgan fingerprint density at radius 3 is 2.36 bits per heavy atom. The van der Waals surface area contributed by atoms with Crippen LogP contribution in [0.2, 0.25) is 5.02 Å².